The Morgan fingerprint density at radius 1 is 1.55 bits per heavy atom. The molecule has 0 aliphatic carbocycles. The third kappa shape index (κ3) is 1.66. The van der Waals surface area contributed by atoms with Gasteiger partial charge in [0, 0.05) is 11.8 Å². The van der Waals surface area contributed by atoms with Crippen molar-refractivity contribution in [3.8, 4) is 5.75 Å². The summed E-state index contributed by atoms with van der Waals surface area (Å²) >= 11 is 1.63. The van der Waals surface area contributed by atoms with Gasteiger partial charge in [0.1, 0.15) is 10.8 Å². The molecule has 11 heavy (non-hydrogen) atoms. The van der Waals surface area contributed by atoms with Crippen LogP contribution in [0.5, 0.6) is 5.75 Å². The van der Waals surface area contributed by atoms with Gasteiger partial charge in [-0.1, -0.05) is 0 Å². The maximum Gasteiger partial charge on any atom is 0.125 e. The normalized spacial score (nSPS) is 9.73. The van der Waals surface area contributed by atoms with Crippen molar-refractivity contribution in [2.75, 3.05) is 13.4 Å². The van der Waals surface area contributed by atoms with Crippen LogP contribution < -0.4 is 4.74 Å². The van der Waals surface area contributed by atoms with Crippen molar-refractivity contribution in [3.63, 3.8) is 0 Å². The molecular weight excluding hydrogens is 158 g/mol. The van der Waals surface area contributed by atoms with Gasteiger partial charge in [-0.15, -0.1) is 11.8 Å². The van der Waals surface area contributed by atoms with Gasteiger partial charge in [-0.25, -0.2) is 4.98 Å². The highest BCUT2D eigenvalue weighted by Crippen LogP contribution is 2.24. The Morgan fingerprint density at radius 3 is 2.82 bits per heavy atom. The molecule has 3 heteroatoms. The number of aromatic nitrogens is 1. The minimum Gasteiger partial charge on any atom is -0.496 e. The largest absolute Gasteiger partial charge is 0.496 e. The van der Waals surface area contributed by atoms with E-state index in [-0.39, 0.29) is 0 Å². The monoisotopic (exact) mass is 169 g/mol. The number of rotatable bonds is 2. The highest BCUT2D eigenvalue weighted by atomic mass is 32.2. The Kier molecular flexibility index (Phi) is 2.76. The number of hydrogen-bond donors (Lipinski definition) is 0. The first kappa shape index (κ1) is 8.40. The second-order valence-corrected chi connectivity index (χ2v) is 2.94. The third-order valence-corrected chi connectivity index (χ3v) is 2.32. The molecule has 0 saturated heterocycles. The van der Waals surface area contributed by atoms with E-state index in [9.17, 15) is 0 Å². The molecule has 1 heterocycles. The quantitative estimate of drug-likeness (QED) is 0.633. The second kappa shape index (κ2) is 3.62. The molecule has 0 aliphatic rings. The Bertz CT molecular complexity index is 228. The summed E-state index contributed by atoms with van der Waals surface area (Å²) in [6, 6.07) is 1.87. The molecule has 2 nitrogen and oxygen atoms in total. The molecule has 0 N–H and O–H groups in total. The lowest BCUT2D eigenvalue weighted by Gasteiger charge is -2.05. The zero-order chi connectivity index (χ0) is 8.27. The van der Waals surface area contributed by atoms with Crippen molar-refractivity contribution in [2.45, 2.75) is 11.9 Å². The molecule has 0 aromatic carbocycles. The van der Waals surface area contributed by atoms with Crippen LogP contribution in [0.15, 0.2) is 17.3 Å². The first-order chi connectivity index (χ1) is 5.29. The molecule has 0 fully saturated rings. The van der Waals surface area contributed by atoms with Crippen LogP contribution in [0, 0.1) is 6.92 Å². The van der Waals surface area contributed by atoms with Crippen LogP contribution in [0.3, 0.4) is 0 Å². The van der Waals surface area contributed by atoms with Gasteiger partial charge in [0.05, 0.1) is 7.11 Å². The first-order valence-electron chi connectivity index (χ1n) is 3.33. The predicted molar refractivity (Wildman–Crippen MR) is 47.3 cm³/mol. The summed E-state index contributed by atoms with van der Waals surface area (Å²) in [5.74, 6) is 0.907. The summed E-state index contributed by atoms with van der Waals surface area (Å²) in [6.07, 6.45) is 3.77. The molecule has 0 aliphatic heterocycles. The minimum absolute atomic E-state index is 0.907. The lowest BCUT2D eigenvalue weighted by molar-refractivity contribution is 0.409. The van der Waals surface area contributed by atoms with Crippen LogP contribution in [0.2, 0.25) is 0 Å². The van der Waals surface area contributed by atoms with E-state index in [1.165, 1.54) is 0 Å². The number of ether oxygens (including phenoxy) is 1. The molecule has 1 rings (SSSR count). The average molecular weight is 169 g/mol. The highest BCUT2D eigenvalue weighted by molar-refractivity contribution is 7.98. The van der Waals surface area contributed by atoms with Crippen molar-refractivity contribution in [1.29, 1.82) is 0 Å². The molecule has 1 aromatic heterocycles. The van der Waals surface area contributed by atoms with Gasteiger partial charge in [-0.3, -0.25) is 0 Å². The Balaban J connectivity index is 3.10. The SMILES string of the molecule is COc1ccnc(SC)c1C. The Morgan fingerprint density at radius 2 is 2.27 bits per heavy atom. The van der Waals surface area contributed by atoms with Crippen LogP contribution in [0.4, 0.5) is 0 Å². The van der Waals surface area contributed by atoms with E-state index in [2.05, 4.69) is 4.98 Å². The number of methoxy groups -OCH3 is 1. The van der Waals surface area contributed by atoms with Crippen molar-refractivity contribution < 1.29 is 4.74 Å². The number of nitrogens with zero attached hydrogens (tertiary/aromatic N) is 1. The lowest BCUT2D eigenvalue weighted by atomic mass is 10.3. The molecule has 0 spiro atoms. The topological polar surface area (TPSA) is 22.1 Å². The molecule has 0 radical (unpaired) electrons. The van der Waals surface area contributed by atoms with E-state index in [1.54, 1.807) is 25.1 Å². The fourth-order valence-corrected chi connectivity index (χ4v) is 1.50. The molecule has 0 saturated carbocycles. The zero-order valence-electron chi connectivity index (χ0n) is 6.92. The van der Waals surface area contributed by atoms with E-state index in [0.717, 1.165) is 16.3 Å². The van der Waals surface area contributed by atoms with E-state index in [1.807, 2.05) is 19.2 Å². The average Bonchev–Trinajstić information content (AvgIpc) is 2.05. The van der Waals surface area contributed by atoms with E-state index in [4.69, 9.17) is 4.74 Å². The fraction of sp³-hybridized carbons (Fsp3) is 0.375. The van der Waals surface area contributed by atoms with Gasteiger partial charge < -0.3 is 4.74 Å². The lowest BCUT2D eigenvalue weighted by Crippen LogP contribution is -1.90. The van der Waals surface area contributed by atoms with E-state index < -0.39 is 0 Å². The molecule has 60 valence electrons. The van der Waals surface area contributed by atoms with Gasteiger partial charge >= 0.3 is 0 Å². The molecule has 0 unspecified atom stereocenters. The van der Waals surface area contributed by atoms with Crippen LogP contribution in [0.1, 0.15) is 5.56 Å². The van der Waals surface area contributed by atoms with E-state index in [0.29, 0.717) is 0 Å². The van der Waals surface area contributed by atoms with Crippen molar-refractivity contribution in [2.24, 2.45) is 0 Å². The van der Waals surface area contributed by atoms with Gasteiger partial charge in [-0.05, 0) is 19.2 Å². The highest BCUT2D eigenvalue weighted by Gasteiger charge is 2.02. The van der Waals surface area contributed by atoms with Crippen LogP contribution in [-0.4, -0.2) is 18.3 Å². The molecule has 0 amide bonds. The molecule has 0 atom stereocenters. The van der Waals surface area contributed by atoms with Crippen molar-refractivity contribution in [3.05, 3.63) is 17.8 Å². The summed E-state index contributed by atoms with van der Waals surface area (Å²) in [5.41, 5.74) is 1.11. The molecular formula is C8H11NOS. The predicted octanol–water partition coefficient (Wildman–Crippen LogP) is 2.12. The second-order valence-electron chi connectivity index (χ2n) is 2.15. The van der Waals surface area contributed by atoms with Crippen molar-refractivity contribution >= 4 is 11.8 Å². The van der Waals surface area contributed by atoms with Crippen LogP contribution in [-0.2, 0) is 0 Å². The maximum atomic E-state index is 5.13. The summed E-state index contributed by atoms with van der Waals surface area (Å²) in [4.78, 5) is 4.19. The summed E-state index contributed by atoms with van der Waals surface area (Å²) in [7, 11) is 1.67. The minimum atomic E-state index is 0.907. The van der Waals surface area contributed by atoms with Gasteiger partial charge in [0.2, 0.25) is 0 Å². The van der Waals surface area contributed by atoms with E-state index >= 15 is 0 Å². The molecule has 0 bridgehead atoms. The molecule has 1 aromatic rings. The van der Waals surface area contributed by atoms with Crippen molar-refractivity contribution in [1.82, 2.24) is 4.98 Å². The van der Waals surface area contributed by atoms with Gasteiger partial charge in [-0.2, -0.15) is 0 Å². The third-order valence-electron chi connectivity index (χ3n) is 1.52. The Labute approximate surface area is 71.0 Å². The van der Waals surface area contributed by atoms with Crippen LogP contribution in [0.25, 0.3) is 0 Å². The number of hydrogen-bond acceptors (Lipinski definition) is 3. The summed E-state index contributed by atoms with van der Waals surface area (Å²) in [5, 5.41) is 1.03. The zero-order valence-corrected chi connectivity index (χ0v) is 7.73. The van der Waals surface area contributed by atoms with Gasteiger partial charge in [0.15, 0.2) is 0 Å². The van der Waals surface area contributed by atoms with Gasteiger partial charge in [0.25, 0.3) is 0 Å². The Hall–Kier alpha value is -0.700. The first-order valence-corrected chi connectivity index (χ1v) is 4.55. The number of pyridine rings is 1. The van der Waals surface area contributed by atoms with Crippen LogP contribution >= 0.6 is 11.8 Å². The smallest absolute Gasteiger partial charge is 0.125 e. The summed E-state index contributed by atoms with van der Waals surface area (Å²) < 4.78 is 5.13. The number of thioether (sulfide) groups is 1. The standard InChI is InChI=1S/C8H11NOS/c1-6-7(10-2)4-5-9-8(6)11-3/h4-5H,1-3H3. The fourth-order valence-electron chi connectivity index (χ4n) is 0.927. The summed E-state index contributed by atoms with van der Waals surface area (Å²) in [6.45, 7) is 2.01. The maximum absolute atomic E-state index is 5.13.